The Kier molecular flexibility index (Phi) is 6.91. The number of aryl methyl sites for hydroxylation is 1. The average molecular weight is 352 g/mol. The van der Waals surface area contributed by atoms with Crippen molar-refractivity contribution in [1.82, 2.24) is 15.1 Å². The van der Waals surface area contributed by atoms with Gasteiger partial charge in [0.1, 0.15) is 0 Å². The van der Waals surface area contributed by atoms with Crippen molar-refractivity contribution in [2.24, 2.45) is 5.92 Å². The monoisotopic (exact) mass is 351 g/mol. The third-order valence-corrected chi connectivity index (χ3v) is 4.33. The highest BCUT2D eigenvalue weighted by atomic mass is 35.5. The van der Waals surface area contributed by atoms with Crippen LogP contribution in [0.4, 0.5) is 4.79 Å². The number of hydrogen-bond donors (Lipinski definition) is 1. The first-order valence-corrected chi connectivity index (χ1v) is 8.88. The molecule has 0 bridgehead atoms. The Balaban J connectivity index is 1.73. The summed E-state index contributed by atoms with van der Waals surface area (Å²) in [4.78, 5) is 28.0. The second kappa shape index (κ2) is 8.92. The summed E-state index contributed by atoms with van der Waals surface area (Å²) in [6.07, 6.45) is 1.16. The van der Waals surface area contributed by atoms with Crippen LogP contribution in [0, 0.1) is 5.92 Å². The van der Waals surface area contributed by atoms with Gasteiger partial charge in [0.05, 0.1) is 0 Å². The first kappa shape index (κ1) is 18.6. The highest BCUT2D eigenvalue weighted by Crippen LogP contribution is 2.13. The van der Waals surface area contributed by atoms with Crippen LogP contribution in [0.25, 0.3) is 0 Å². The van der Waals surface area contributed by atoms with Crippen LogP contribution in [-0.2, 0) is 11.2 Å². The molecule has 1 aliphatic rings. The predicted octanol–water partition coefficient (Wildman–Crippen LogP) is 2.78. The highest BCUT2D eigenvalue weighted by molar-refractivity contribution is 6.30. The van der Waals surface area contributed by atoms with Gasteiger partial charge in [-0.25, -0.2) is 4.79 Å². The van der Waals surface area contributed by atoms with Crippen molar-refractivity contribution in [1.29, 1.82) is 0 Å². The largest absolute Gasteiger partial charge is 0.339 e. The van der Waals surface area contributed by atoms with Crippen molar-refractivity contribution in [2.45, 2.75) is 26.7 Å². The van der Waals surface area contributed by atoms with E-state index in [1.165, 1.54) is 0 Å². The molecule has 24 heavy (non-hydrogen) atoms. The standard InChI is InChI=1S/C18H26ClN3O2/c1-14(2)13-20-18(24)22-10-8-21(9-11-22)17(23)7-6-15-4-3-5-16(19)12-15/h3-5,12,14H,6-11,13H2,1-2H3,(H,20,24). The Morgan fingerprint density at radius 3 is 2.46 bits per heavy atom. The van der Waals surface area contributed by atoms with Crippen molar-refractivity contribution >= 4 is 23.5 Å². The number of carbonyl (C=O) groups is 2. The van der Waals surface area contributed by atoms with Gasteiger partial charge in [-0.3, -0.25) is 4.79 Å². The maximum absolute atomic E-state index is 12.3. The lowest BCUT2D eigenvalue weighted by atomic mass is 10.1. The van der Waals surface area contributed by atoms with E-state index in [2.05, 4.69) is 19.2 Å². The molecule has 1 heterocycles. The van der Waals surface area contributed by atoms with Crippen LogP contribution in [0.5, 0.6) is 0 Å². The van der Waals surface area contributed by atoms with E-state index in [0.717, 1.165) is 5.56 Å². The van der Waals surface area contributed by atoms with E-state index < -0.39 is 0 Å². The number of nitrogens with zero attached hydrogens (tertiary/aromatic N) is 2. The molecule has 3 amide bonds. The van der Waals surface area contributed by atoms with Crippen molar-refractivity contribution in [3.8, 4) is 0 Å². The zero-order chi connectivity index (χ0) is 17.5. The van der Waals surface area contributed by atoms with Crippen molar-refractivity contribution in [3.63, 3.8) is 0 Å². The summed E-state index contributed by atoms with van der Waals surface area (Å²) in [7, 11) is 0. The van der Waals surface area contributed by atoms with Gasteiger partial charge in [0.2, 0.25) is 5.91 Å². The average Bonchev–Trinajstić information content (AvgIpc) is 2.57. The molecule has 0 aliphatic carbocycles. The quantitative estimate of drug-likeness (QED) is 0.886. The number of rotatable bonds is 5. The predicted molar refractivity (Wildman–Crippen MR) is 96.2 cm³/mol. The Morgan fingerprint density at radius 1 is 1.17 bits per heavy atom. The molecule has 0 aromatic heterocycles. The van der Waals surface area contributed by atoms with Crippen LogP contribution in [0.1, 0.15) is 25.8 Å². The van der Waals surface area contributed by atoms with E-state index in [-0.39, 0.29) is 11.9 Å². The minimum atomic E-state index is -0.0327. The van der Waals surface area contributed by atoms with Gasteiger partial charge in [0.15, 0.2) is 0 Å². The summed E-state index contributed by atoms with van der Waals surface area (Å²) in [6.45, 7) is 7.19. The van der Waals surface area contributed by atoms with E-state index in [9.17, 15) is 9.59 Å². The lowest BCUT2D eigenvalue weighted by Gasteiger charge is -2.35. The fourth-order valence-electron chi connectivity index (χ4n) is 2.66. The first-order chi connectivity index (χ1) is 11.5. The van der Waals surface area contributed by atoms with Gasteiger partial charge in [0, 0.05) is 44.2 Å². The zero-order valence-corrected chi connectivity index (χ0v) is 15.2. The van der Waals surface area contributed by atoms with Gasteiger partial charge in [-0.1, -0.05) is 37.6 Å². The molecule has 1 aliphatic heterocycles. The molecule has 0 spiro atoms. The van der Waals surface area contributed by atoms with Crippen LogP contribution in [0.15, 0.2) is 24.3 Å². The summed E-state index contributed by atoms with van der Waals surface area (Å²) < 4.78 is 0. The Bertz CT molecular complexity index is 569. The van der Waals surface area contributed by atoms with E-state index >= 15 is 0 Å². The van der Waals surface area contributed by atoms with Crippen LogP contribution in [0.3, 0.4) is 0 Å². The molecule has 1 fully saturated rings. The number of hydrogen-bond acceptors (Lipinski definition) is 2. The zero-order valence-electron chi connectivity index (χ0n) is 14.4. The maximum atomic E-state index is 12.3. The van der Waals surface area contributed by atoms with E-state index in [4.69, 9.17) is 11.6 Å². The number of urea groups is 1. The molecule has 0 unspecified atom stereocenters. The summed E-state index contributed by atoms with van der Waals surface area (Å²) in [5, 5.41) is 3.61. The molecule has 0 atom stereocenters. The molecule has 1 aromatic carbocycles. The Morgan fingerprint density at radius 2 is 1.83 bits per heavy atom. The van der Waals surface area contributed by atoms with Gasteiger partial charge in [-0.2, -0.15) is 0 Å². The Labute approximate surface area is 149 Å². The van der Waals surface area contributed by atoms with Crippen LogP contribution in [-0.4, -0.2) is 54.5 Å². The molecule has 1 aromatic rings. The topological polar surface area (TPSA) is 52.7 Å². The second-order valence-corrected chi connectivity index (χ2v) is 7.01. The van der Waals surface area contributed by atoms with Gasteiger partial charge < -0.3 is 15.1 Å². The van der Waals surface area contributed by atoms with Crippen LogP contribution in [0.2, 0.25) is 5.02 Å². The first-order valence-electron chi connectivity index (χ1n) is 8.50. The molecular weight excluding hydrogens is 326 g/mol. The molecule has 0 radical (unpaired) electrons. The van der Waals surface area contributed by atoms with E-state index in [1.54, 1.807) is 4.90 Å². The normalized spacial score (nSPS) is 14.8. The number of benzene rings is 1. The minimum absolute atomic E-state index is 0.0327. The number of amides is 3. The van der Waals surface area contributed by atoms with Gasteiger partial charge in [-0.15, -0.1) is 0 Å². The molecule has 1 saturated heterocycles. The van der Waals surface area contributed by atoms with Crippen LogP contribution >= 0.6 is 11.6 Å². The lowest BCUT2D eigenvalue weighted by molar-refractivity contribution is -0.132. The second-order valence-electron chi connectivity index (χ2n) is 6.58. The van der Waals surface area contributed by atoms with Crippen LogP contribution < -0.4 is 5.32 Å². The number of halogens is 1. The summed E-state index contributed by atoms with van der Waals surface area (Å²) in [5.74, 6) is 0.570. The number of piperazine rings is 1. The molecule has 0 saturated carbocycles. The number of carbonyl (C=O) groups excluding carboxylic acids is 2. The maximum Gasteiger partial charge on any atom is 0.317 e. The SMILES string of the molecule is CC(C)CNC(=O)N1CCN(C(=O)CCc2cccc(Cl)c2)CC1. The molecule has 2 rings (SSSR count). The molecule has 1 N–H and O–H groups in total. The fourth-order valence-corrected chi connectivity index (χ4v) is 2.88. The summed E-state index contributed by atoms with van der Waals surface area (Å²) in [5.41, 5.74) is 1.07. The Hall–Kier alpha value is -1.75. The van der Waals surface area contributed by atoms with Gasteiger partial charge in [-0.05, 0) is 30.0 Å². The van der Waals surface area contributed by atoms with E-state index in [1.807, 2.05) is 29.2 Å². The van der Waals surface area contributed by atoms with Crippen molar-refractivity contribution in [3.05, 3.63) is 34.9 Å². The summed E-state index contributed by atoms with van der Waals surface area (Å²) >= 11 is 5.96. The third-order valence-electron chi connectivity index (χ3n) is 4.10. The number of nitrogens with one attached hydrogen (secondary N) is 1. The molecular formula is C18H26ClN3O2. The minimum Gasteiger partial charge on any atom is -0.339 e. The smallest absolute Gasteiger partial charge is 0.317 e. The van der Waals surface area contributed by atoms with Gasteiger partial charge >= 0.3 is 6.03 Å². The third kappa shape index (κ3) is 5.71. The fraction of sp³-hybridized carbons (Fsp3) is 0.556. The molecule has 132 valence electrons. The highest BCUT2D eigenvalue weighted by Gasteiger charge is 2.23. The van der Waals surface area contributed by atoms with Crippen molar-refractivity contribution < 1.29 is 9.59 Å². The lowest BCUT2D eigenvalue weighted by Crippen LogP contribution is -2.53. The van der Waals surface area contributed by atoms with Crippen molar-refractivity contribution in [2.75, 3.05) is 32.7 Å². The van der Waals surface area contributed by atoms with Gasteiger partial charge in [0.25, 0.3) is 0 Å². The molecule has 5 nitrogen and oxygen atoms in total. The summed E-state index contributed by atoms with van der Waals surface area (Å²) in [6, 6.07) is 7.57. The van der Waals surface area contributed by atoms with E-state index in [0.29, 0.717) is 56.5 Å². The molecule has 6 heteroatoms.